The highest BCUT2D eigenvalue weighted by atomic mass is 35.5. The third kappa shape index (κ3) is 6.63. The Bertz CT molecular complexity index is 1500. The Morgan fingerprint density at radius 2 is 2.02 bits per heavy atom. The number of halogens is 1. The first-order valence-electron chi connectivity index (χ1n) is 12.6. The van der Waals surface area contributed by atoms with E-state index < -0.39 is 0 Å². The molecule has 0 bridgehead atoms. The van der Waals surface area contributed by atoms with E-state index >= 15 is 0 Å². The second kappa shape index (κ2) is 12.7. The maximum absolute atomic E-state index is 12.2. The fraction of sp³-hybridized carbons (Fsp3) is 0.250. The molecular formula is C28H28ClN7O4. The quantitative estimate of drug-likeness (QED) is 0.243. The molecule has 4 aromatic rings. The number of benzene rings is 2. The van der Waals surface area contributed by atoms with Gasteiger partial charge in [0.25, 0.3) is 0 Å². The summed E-state index contributed by atoms with van der Waals surface area (Å²) < 4.78 is 17.2. The van der Waals surface area contributed by atoms with Crippen LogP contribution in [-0.4, -0.2) is 70.2 Å². The minimum Gasteiger partial charge on any atom is -0.490 e. The van der Waals surface area contributed by atoms with Gasteiger partial charge in [-0.15, -0.1) is 0 Å². The van der Waals surface area contributed by atoms with E-state index in [-0.39, 0.29) is 18.6 Å². The molecule has 1 aliphatic heterocycles. The van der Waals surface area contributed by atoms with E-state index in [2.05, 4.69) is 42.0 Å². The summed E-state index contributed by atoms with van der Waals surface area (Å²) >= 11 is 6.48. The number of nitrogens with one attached hydrogen (secondary N) is 2. The summed E-state index contributed by atoms with van der Waals surface area (Å²) in [6.45, 7) is 6.72. The van der Waals surface area contributed by atoms with Crippen molar-refractivity contribution in [3.63, 3.8) is 0 Å². The highest BCUT2D eigenvalue weighted by Crippen LogP contribution is 2.35. The highest BCUT2D eigenvalue weighted by Gasteiger charge is 2.25. The van der Waals surface area contributed by atoms with Crippen LogP contribution >= 0.6 is 11.6 Å². The number of hydrogen-bond acceptors (Lipinski definition) is 10. The zero-order valence-electron chi connectivity index (χ0n) is 21.8. The maximum Gasteiger partial charge on any atom is 0.247 e. The monoisotopic (exact) mass is 561 g/mol. The molecule has 1 aliphatic rings. The minimum atomic E-state index is -0.356. The van der Waals surface area contributed by atoms with Crippen LogP contribution in [0.25, 0.3) is 10.9 Å². The van der Waals surface area contributed by atoms with Crippen LogP contribution in [0.1, 0.15) is 5.69 Å². The Labute approximate surface area is 236 Å². The smallest absolute Gasteiger partial charge is 0.247 e. The summed E-state index contributed by atoms with van der Waals surface area (Å²) in [5, 5.41) is 7.20. The van der Waals surface area contributed by atoms with Gasteiger partial charge in [-0.25, -0.2) is 9.97 Å². The molecule has 2 N–H and O–H groups in total. The average molecular weight is 562 g/mol. The second-order valence-electron chi connectivity index (χ2n) is 9.00. The number of methoxy groups -OCH3 is 1. The molecule has 3 heterocycles. The zero-order valence-corrected chi connectivity index (χ0v) is 22.6. The van der Waals surface area contributed by atoms with E-state index in [1.54, 1.807) is 50.0 Å². The molecule has 1 fully saturated rings. The number of aromatic nitrogens is 4. The summed E-state index contributed by atoms with van der Waals surface area (Å²) in [7, 11) is 1.72. The lowest BCUT2D eigenvalue weighted by atomic mass is 10.1. The number of rotatable bonds is 12. The second-order valence-corrected chi connectivity index (χ2v) is 9.41. The van der Waals surface area contributed by atoms with Crippen molar-refractivity contribution >= 4 is 45.6 Å². The van der Waals surface area contributed by atoms with Crippen LogP contribution in [0.4, 0.5) is 17.2 Å². The van der Waals surface area contributed by atoms with Gasteiger partial charge in [0.2, 0.25) is 5.91 Å². The van der Waals surface area contributed by atoms with Crippen LogP contribution in [0.5, 0.6) is 11.5 Å². The molecule has 0 radical (unpaired) electrons. The molecule has 2 aromatic heterocycles. The van der Waals surface area contributed by atoms with Crippen molar-refractivity contribution in [2.45, 2.75) is 12.7 Å². The molecule has 5 rings (SSSR count). The number of amides is 1. The van der Waals surface area contributed by atoms with Gasteiger partial charge < -0.3 is 24.8 Å². The largest absolute Gasteiger partial charge is 0.490 e. The molecule has 1 saturated heterocycles. The Kier molecular flexibility index (Phi) is 8.65. The molecule has 11 nitrogen and oxygen atoms in total. The normalized spacial score (nSPS) is 13.4. The molecule has 40 heavy (non-hydrogen) atoms. The molecule has 0 unspecified atom stereocenters. The summed E-state index contributed by atoms with van der Waals surface area (Å²) in [5.74, 6) is 1.19. The third-order valence-corrected chi connectivity index (χ3v) is 6.58. The SMILES string of the molecule is C=CC(=O)Nc1cc2c(Nc3ccc(OCc4cnccn4)c(Cl)c3)ncnc2cc1OCCN1CC(OC)C1. The molecule has 0 spiro atoms. The lowest BCUT2D eigenvalue weighted by Crippen LogP contribution is -2.52. The predicted octanol–water partition coefficient (Wildman–Crippen LogP) is 4.23. The topological polar surface area (TPSA) is 124 Å². The van der Waals surface area contributed by atoms with Crippen LogP contribution < -0.4 is 20.1 Å². The number of hydrogen-bond donors (Lipinski definition) is 2. The lowest BCUT2D eigenvalue weighted by Gasteiger charge is -2.37. The summed E-state index contributed by atoms with van der Waals surface area (Å²) in [6.07, 6.45) is 7.78. The molecule has 0 aliphatic carbocycles. The van der Waals surface area contributed by atoms with E-state index in [1.165, 1.54) is 12.4 Å². The standard InChI is InChI=1S/C28H28ClN7O4/c1-3-27(37)35-24-11-21-23(12-26(24)39-9-8-36-14-20(15-36)38-2)32-17-33-28(21)34-18-4-5-25(22(29)10-18)40-16-19-13-30-6-7-31-19/h3-7,10-13,17,20H,1,8-9,14-16H2,2H3,(H,35,37)(H,32,33,34). The van der Waals surface area contributed by atoms with Crippen LogP contribution in [0.15, 0.2) is 67.9 Å². The molecule has 0 atom stereocenters. The van der Waals surface area contributed by atoms with Gasteiger partial charge in [0, 0.05) is 56.3 Å². The minimum absolute atomic E-state index is 0.242. The van der Waals surface area contributed by atoms with E-state index in [0.29, 0.717) is 56.9 Å². The van der Waals surface area contributed by atoms with Gasteiger partial charge in [0.15, 0.2) is 0 Å². The average Bonchev–Trinajstić information content (AvgIpc) is 2.94. The Morgan fingerprint density at radius 1 is 1.15 bits per heavy atom. The molecule has 2 aromatic carbocycles. The summed E-state index contributed by atoms with van der Waals surface area (Å²) in [6, 6.07) is 8.89. The van der Waals surface area contributed by atoms with E-state index in [0.717, 1.165) is 19.6 Å². The van der Waals surface area contributed by atoms with Crippen LogP contribution in [-0.2, 0) is 16.1 Å². The lowest BCUT2D eigenvalue weighted by molar-refractivity contribution is -0.111. The number of carbonyl (C=O) groups excluding carboxylic acids is 1. The molecule has 1 amide bonds. The van der Waals surface area contributed by atoms with Gasteiger partial charge in [-0.05, 0) is 30.3 Å². The number of anilines is 3. The van der Waals surface area contributed by atoms with Crippen molar-refractivity contribution in [2.24, 2.45) is 0 Å². The molecule has 206 valence electrons. The molecular weight excluding hydrogens is 534 g/mol. The zero-order chi connectivity index (χ0) is 27.9. The van der Waals surface area contributed by atoms with Gasteiger partial charge in [-0.3, -0.25) is 19.7 Å². The predicted molar refractivity (Wildman–Crippen MR) is 152 cm³/mol. The van der Waals surface area contributed by atoms with Crippen molar-refractivity contribution in [3.8, 4) is 11.5 Å². The van der Waals surface area contributed by atoms with E-state index in [4.69, 9.17) is 25.8 Å². The Morgan fingerprint density at radius 3 is 2.77 bits per heavy atom. The first kappa shape index (κ1) is 27.3. The van der Waals surface area contributed by atoms with Crippen molar-refractivity contribution in [1.82, 2.24) is 24.8 Å². The van der Waals surface area contributed by atoms with Gasteiger partial charge in [0.05, 0.1) is 34.2 Å². The number of fused-ring (bicyclic) bond motifs is 1. The van der Waals surface area contributed by atoms with Crippen LogP contribution in [0.3, 0.4) is 0 Å². The van der Waals surface area contributed by atoms with Gasteiger partial charge in [-0.1, -0.05) is 18.2 Å². The van der Waals surface area contributed by atoms with E-state index in [9.17, 15) is 4.79 Å². The van der Waals surface area contributed by atoms with E-state index in [1.807, 2.05) is 6.07 Å². The molecule has 0 saturated carbocycles. The summed E-state index contributed by atoms with van der Waals surface area (Å²) in [5.41, 5.74) is 2.51. The number of nitrogens with zero attached hydrogens (tertiary/aromatic N) is 5. The van der Waals surface area contributed by atoms with Crippen molar-refractivity contribution in [2.75, 3.05) is 44.0 Å². The van der Waals surface area contributed by atoms with Gasteiger partial charge in [-0.2, -0.15) is 0 Å². The highest BCUT2D eigenvalue weighted by molar-refractivity contribution is 6.32. The van der Waals surface area contributed by atoms with Crippen LogP contribution in [0, 0.1) is 0 Å². The first-order chi connectivity index (χ1) is 19.5. The Hall–Kier alpha value is -4.32. The van der Waals surface area contributed by atoms with Crippen molar-refractivity contribution in [3.05, 3.63) is 78.6 Å². The third-order valence-electron chi connectivity index (χ3n) is 6.29. The number of likely N-dealkylation sites (tertiary alicyclic amines) is 1. The van der Waals surface area contributed by atoms with Crippen molar-refractivity contribution < 1.29 is 19.0 Å². The number of carbonyl (C=O) groups is 1. The molecule has 12 heteroatoms. The fourth-order valence-corrected chi connectivity index (χ4v) is 4.35. The van der Waals surface area contributed by atoms with Gasteiger partial charge in [0.1, 0.15) is 36.9 Å². The van der Waals surface area contributed by atoms with Crippen LogP contribution in [0.2, 0.25) is 5.02 Å². The maximum atomic E-state index is 12.2. The summed E-state index contributed by atoms with van der Waals surface area (Å²) in [4.78, 5) is 31.5. The van der Waals surface area contributed by atoms with Crippen molar-refractivity contribution in [1.29, 1.82) is 0 Å². The van der Waals surface area contributed by atoms with Gasteiger partial charge >= 0.3 is 0 Å². The first-order valence-corrected chi connectivity index (χ1v) is 12.9. The number of ether oxygens (including phenoxy) is 3. The fourth-order valence-electron chi connectivity index (χ4n) is 4.11. The Balaban J connectivity index is 1.33.